The van der Waals surface area contributed by atoms with Crippen molar-refractivity contribution in [3.05, 3.63) is 17.0 Å². The second kappa shape index (κ2) is 5.60. The van der Waals surface area contributed by atoms with Gasteiger partial charge in [0.25, 0.3) is 0 Å². The smallest absolute Gasteiger partial charge is 0.224 e. The lowest BCUT2D eigenvalue weighted by Gasteiger charge is -2.59. The van der Waals surface area contributed by atoms with Crippen molar-refractivity contribution in [2.75, 3.05) is 0 Å². The molecule has 4 saturated carbocycles. The summed E-state index contributed by atoms with van der Waals surface area (Å²) in [7, 11) is 1.95. The molecule has 0 saturated heterocycles. The van der Waals surface area contributed by atoms with Gasteiger partial charge in [-0.05, 0) is 82.5 Å². The zero-order valence-electron chi connectivity index (χ0n) is 15.6. The summed E-state index contributed by atoms with van der Waals surface area (Å²) < 4.78 is 1.88. The molecule has 0 spiro atoms. The molecule has 4 aliphatic rings. The molecule has 0 aromatic carbocycles. The molecule has 5 rings (SSSR count). The fourth-order valence-electron chi connectivity index (χ4n) is 6.39. The summed E-state index contributed by atoms with van der Waals surface area (Å²) in [6.45, 7) is 6.30. The van der Waals surface area contributed by atoms with Gasteiger partial charge in [-0.2, -0.15) is 5.10 Å². The molecule has 4 nitrogen and oxygen atoms in total. The van der Waals surface area contributed by atoms with Crippen LogP contribution in [0.15, 0.2) is 0 Å². The normalized spacial score (nSPS) is 35.2. The maximum atomic E-state index is 12.7. The van der Waals surface area contributed by atoms with Gasteiger partial charge in [-0.25, -0.2) is 0 Å². The highest BCUT2D eigenvalue weighted by Crippen LogP contribution is 2.61. The number of rotatable bonds is 4. The van der Waals surface area contributed by atoms with Gasteiger partial charge in [0, 0.05) is 24.3 Å². The van der Waals surface area contributed by atoms with Crippen molar-refractivity contribution < 1.29 is 4.79 Å². The Labute approximate surface area is 145 Å². The molecular formula is C20H31N3O. The predicted octanol–water partition coefficient (Wildman–Crippen LogP) is 3.30. The first-order valence-corrected chi connectivity index (χ1v) is 9.65. The van der Waals surface area contributed by atoms with Crippen LogP contribution in [0.4, 0.5) is 0 Å². The molecule has 0 aliphatic heterocycles. The Morgan fingerprint density at radius 1 is 1.21 bits per heavy atom. The molecule has 1 N–H and O–H groups in total. The monoisotopic (exact) mass is 329 g/mol. The number of aromatic nitrogens is 2. The third kappa shape index (κ3) is 2.58. The van der Waals surface area contributed by atoms with E-state index in [4.69, 9.17) is 0 Å². The third-order valence-electron chi connectivity index (χ3n) is 7.38. The number of carbonyl (C=O) groups is 1. The topological polar surface area (TPSA) is 46.9 Å². The zero-order valence-corrected chi connectivity index (χ0v) is 15.6. The Balaban J connectivity index is 1.44. The number of nitrogens with one attached hydrogen (secondary N) is 1. The van der Waals surface area contributed by atoms with E-state index in [1.807, 2.05) is 25.6 Å². The van der Waals surface area contributed by atoms with Gasteiger partial charge in [0.05, 0.1) is 12.1 Å². The van der Waals surface area contributed by atoms with Crippen LogP contribution in [0.25, 0.3) is 0 Å². The van der Waals surface area contributed by atoms with Gasteiger partial charge < -0.3 is 5.32 Å². The Hall–Kier alpha value is -1.32. The van der Waals surface area contributed by atoms with Crippen LogP contribution in [0.3, 0.4) is 0 Å². The first-order valence-electron chi connectivity index (χ1n) is 9.65. The number of nitrogens with zero attached hydrogens (tertiary/aromatic N) is 2. The van der Waals surface area contributed by atoms with Crippen molar-refractivity contribution in [1.29, 1.82) is 0 Å². The maximum absolute atomic E-state index is 12.7. The molecule has 4 bridgehead atoms. The van der Waals surface area contributed by atoms with Crippen molar-refractivity contribution in [2.45, 2.75) is 71.8 Å². The van der Waals surface area contributed by atoms with Crippen LogP contribution in [-0.2, 0) is 18.3 Å². The van der Waals surface area contributed by atoms with Crippen molar-refractivity contribution >= 4 is 5.91 Å². The van der Waals surface area contributed by atoms with Crippen molar-refractivity contribution in [2.24, 2.45) is 30.2 Å². The zero-order chi connectivity index (χ0) is 17.1. The molecule has 1 aromatic rings. The number of amides is 1. The lowest BCUT2D eigenvalue weighted by molar-refractivity contribution is -0.125. The second-order valence-corrected chi connectivity index (χ2v) is 9.02. The Morgan fingerprint density at radius 2 is 1.75 bits per heavy atom. The minimum Gasteiger partial charge on any atom is -0.353 e. The maximum Gasteiger partial charge on any atom is 0.224 e. The summed E-state index contributed by atoms with van der Waals surface area (Å²) in [5.74, 6) is 2.95. The van der Waals surface area contributed by atoms with Gasteiger partial charge in [0.15, 0.2) is 0 Å². The molecular weight excluding hydrogens is 298 g/mol. The number of hydrogen-bond acceptors (Lipinski definition) is 2. The average molecular weight is 329 g/mol. The van der Waals surface area contributed by atoms with Crippen LogP contribution < -0.4 is 5.32 Å². The van der Waals surface area contributed by atoms with E-state index in [1.165, 1.54) is 38.5 Å². The molecule has 1 aromatic heterocycles. The molecule has 1 atom stereocenters. The molecule has 4 aliphatic carbocycles. The first kappa shape index (κ1) is 16.2. The van der Waals surface area contributed by atoms with Crippen molar-refractivity contribution in [1.82, 2.24) is 15.1 Å². The van der Waals surface area contributed by atoms with Gasteiger partial charge >= 0.3 is 0 Å². The summed E-state index contributed by atoms with van der Waals surface area (Å²) in [5, 5.41) is 7.81. The fourth-order valence-corrected chi connectivity index (χ4v) is 6.39. The summed E-state index contributed by atoms with van der Waals surface area (Å²) in [6.07, 6.45) is 8.83. The van der Waals surface area contributed by atoms with Crippen LogP contribution in [0.1, 0.15) is 62.4 Å². The van der Waals surface area contributed by atoms with Crippen molar-refractivity contribution in [3.8, 4) is 0 Å². The van der Waals surface area contributed by atoms with E-state index in [-0.39, 0.29) is 5.91 Å². The van der Waals surface area contributed by atoms with E-state index < -0.39 is 0 Å². The molecule has 132 valence electrons. The lowest BCUT2D eigenvalue weighted by Crippen LogP contribution is -2.56. The molecule has 1 heterocycles. The van der Waals surface area contributed by atoms with Gasteiger partial charge in [0.2, 0.25) is 5.91 Å². The molecule has 1 amide bonds. The van der Waals surface area contributed by atoms with Crippen LogP contribution in [0, 0.1) is 37.0 Å². The minimum atomic E-state index is 0.164. The summed E-state index contributed by atoms with van der Waals surface area (Å²) >= 11 is 0. The van der Waals surface area contributed by atoms with Gasteiger partial charge in [-0.3, -0.25) is 9.48 Å². The van der Waals surface area contributed by atoms with Gasteiger partial charge in [-0.15, -0.1) is 0 Å². The SMILES string of the molecule is Cc1nn(C)c(C)c1CC(=O)NC(C)C12CC3CC(CC(C3)C1)C2. The number of carbonyl (C=O) groups excluding carboxylic acids is 1. The summed E-state index contributed by atoms with van der Waals surface area (Å²) in [5.41, 5.74) is 3.55. The van der Waals surface area contributed by atoms with E-state index >= 15 is 0 Å². The van der Waals surface area contributed by atoms with Crippen molar-refractivity contribution in [3.63, 3.8) is 0 Å². The molecule has 4 fully saturated rings. The average Bonchev–Trinajstić information content (AvgIpc) is 2.72. The van der Waals surface area contributed by atoms with Gasteiger partial charge in [-0.1, -0.05) is 0 Å². The van der Waals surface area contributed by atoms with Crippen LogP contribution in [0.2, 0.25) is 0 Å². The third-order valence-corrected chi connectivity index (χ3v) is 7.38. The van der Waals surface area contributed by atoms with Gasteiger partial charge in [0.1, 0.15) is 0 Å². The summed E-state index contributed by atoms with van der Waals surface area (Å²) in [6, 6.07) is 0.302. The van der Waals surface area contributed by atoms with E-state index in [2.05, 4.69) is 17.3 Å². The Morgan fingerprint density at radius 3 is 2.21 bits per heavy atom. The highest BCUT2D eigenvalue weighted by Gasteiger charge is 2.53. The van der Waals surface area contributed by atoms with Crippen LogP contribution in [0.5, 0.6) is 0 Å². The number of hydrogen-bond donors (Lipinski definition) is 1. The molecule has 4 heteroatoms. The minimum absolute atomic E-state index is 0.164. The Kier molecular flexibility index (Phi) is 3.77. The fraction of sp³-hybridized carbons (Fsp3) is 0.800. The highest BCUT2D eigenvalue weighted by atomic mass is 16.1. The quantitative estimate of drug-likeness (QED) is 0.921. The molecule has 1 unspecified atom stereocenters. The molecule has 0 radical (unpaired) electrons. The first-order chi connectivity index (χ1) is 11.4. The lowest BCUT2D eigenvalue weighted by atomic mass is 9.48. The largest absolute Gasteiger partial charge is 0.353 e. The standard InChI is InChI=1S/C20H31N3O/c1-12-18(13(2)23(4)22-12)8-19(24)21-14(3)20-9-15-5-16(10-20)7-17(6-15)11-20/h14-17H,5-11H2,1-4H3,(H,21,24). The molecule has 24 heavy (non-hydrogen) atoms. The van der Waals surface area contributed by atoms with E-state index in [1.54, 1.807) is 0 Å². The second-order valence-electron chi connectivity index (χ2n) is 9.02. The summed E-state index contributed by atoms with van der Waals surface area (Å²) in [4.78, 5) is 12.7. The predicted molar refractivity (Wildman–Crippen MR) is 94.6 cm³/mol. The Bertz CT molecular complexity index is 625. The van der Waals surface area contributed by atoms with Crippen LogP contribution in [-0.4, -0.2) is 21.7 Å². The van der Waals surface area contributed by atoms with E-state index in [0.717, 1.165) is 34.7 Å². The highest BCUT2D eigenvalue weighted by molar-refractivity contribution is 5.79. The number of aryl methyl sites for hydroxylation is 2. The van der Waals surface area contributed by atoms with Crippen LogP contribution >= 0.6 is 0 Å². The van der Waals surface area contributed by atoms with E-state index in [9.17, 15) is 4.79 Å². The van der Waals surface area contributed by atoms with E-state index in [0.29, 0.717) is 17.9 Å².